The molecule has 0 aliphatic carbocycles. The number of ether oxygens (including phenoxy) is 2. The first-order valence-electron chi connectivity index (χ1n) is 11.2. The van der Waals surface area contributed by atoms with Crippen molar-refractivity contribution in [3.8, 4) is 23.0 Å². The van der Waals surface area contributed by atoms with Gasteiger partial charge in [0.2, 0.25) is 0 Å². The summed E-state index contributed by atoms with van der Waals surface area (Å²) in [5.41, 5.74) is 0.909. The summed E-state index contributed by atoms with van der Waals surface area (Å²) in [5.74, 6) is 0.497. The van der Waals surface area contributed by atoms with E-state index in [1.807, 2.05) is 26.8 Å². The van der Waals surface area contributed by atoms with Crippen LogP contribution in [0.25, 0.3) is 0 Å². The fourth-order valence-electron chi connectivity index (χ4n) is 3.91. The molecule has 0 unspecified atom stereocenters. The summed E-state index contributed by atoms with van der Waals surface area (Å²) in [4.78, 5) is 11.5. The molecule has 2 aromatic carbocycles. The van der Waals surface area contributed by atoms with Crippen molar-refractivity contribution in [1.82, 2.24) is 0 Å². The van der Waals surface area contributed by atoms with E-state index in [9.17, 15) is 20.1 Å². The highest BCUT2D eigenvalue weighted by Crippen LogP contribution is 2.44. The van der Waals surface area contributed by atoms with Crippen molar-refractivity contribution in [2.24, 2.45) is 0 Å². The van der Waals surface area contributed by atoms with E-state index >= 15 is 0 Å². The molecule has 0 radical (unpaired) electrons. The molecule has 0 saturated heterocycles. The van der Waals surface area contributed by atoms with Gasteiger partial charge in [-0.1, -0.05) is 27.7 Å². The second kappa shape index (κ2) is 9.16. The van der Waals surface area contributed by atoms with Crippen LogP contribution >= 0.6 is 0 Å². The minimum absolute atomic E-state index is 0.154. The quantitative estimate of drug-likeness (QED) is 0.426. The van der Waals surface area contributed by atoms with Crippen LogP contribution in [0.5, 0.6) is 23.0 Å². The molecular weight excluding hydrogens is 420 g/mol. The Bertz CT molecular complexity index is 1030. The highest BCUT2D eigenvalue weighted by molar-refractivity contribution is 5.77. The molecule has 0 bridgehead atoms. The Morgan fingerprint density at radius 1 is 0.788 bits per heavy atom. The lowest BCUT2D eigenvalue weighted by atomic mass is 9.72. The highest BCUT2D eigenvalue weighted by Gasteiger charge is 2.34. The zero-order chi connectivity index (χ0) is 25.4. The van der Waals surface area contributed by atoms with E-state index in [1.165, 1.54) is 13.8 Å². The van der Waals surface area contributed by atoms with Gasteiger partial charge in [-0.25, -0.2) is 4.79 Å². The summed E-state index contributed by atoms with van der Waals surface area (Å²) in [6.07, 6.45) is 1.47. The fourth-order valence-corrected chi connectivity index (χ4v) is 3.91. The Morgan fingerprint density at radius 3 is 1.85 bits per heavy atom. The molecule has 182 valence electrons. The van der Waals surface area contributed by atoms with Crippen LogP contribution in [0.1, 0.15) is 76.6 Å². The van der Waals surface area contributed by atoms with Gasteiger partial charge >= 0.3 is 5.97 Å². The minimum atomic E-state index is -1.39. The maximum absolute atomic E-state index is 11.5. The minimum Gasteiger partial charge on any atom is -0.508 e. The molecule has 0 spiro atoms. The van der Waals surface area contributed by atoms with Crippen molar-refractivity contribution in [2.45, 2.75) is 84.7 Å². The predicted octanol–water partition coefficient (Wildman–Crippen LogP) is 6.00. The van der Waals surface area contributed by atoms with Crippen LogP contribution in [0.2, 0.25) is 0 Å². The number of aromatic hydroxyl groups is 2. The molecule has 0 heterocycles. The number of hydrogen-bond acceptors (Lipinski definition) is 5. The van der Waals surface area contributed by atoms with Crippen LogP contribution in [0, 0.1) is 13.8 Å². The number of aryl methyl sites for hydroxylation is 2. The molecular formula is C27H38O6. The van der Waals surface area contributed by atoms with Crippen molar-refractivity contribution in [3.05, 3.63) is 46.5 Å². The third-order valence-corrected chi connectivity index (χ3v) is 6.52. The van der Waals surface area contributed by atoms with Gasteiger partial charge in [0.1, 0.15) is 23.0 Å². The molecule has 2 rings (SSSR count). The number of phenolic OH excluding ortho intramolecular Hbond substituents is 2. The smallest absolute Gasteiger partial charge is 0.347 e. The molecule has 0 saturated carbocycles. The summed E-state index contributed by atoms with van der Waals surface area (Å²) in [7, 11) is 1.62. The Morgan fingerprint density at radius 2 is 1.33 bits per heavy atom. The van der Waals surface area contributed by atoms with Crippen molar-refractivity contribution >= 4 is 5.97 Å². The molecule has 0 aromatic heterocycles. The van der Waals surface area contributed by atoms with Crippen LogP contribution in [-0.2, 0) is 15.6 Å². The highest BCUT2D eigenvalue weighted by atomic mass is 16.5. The third kappa shape index (κ3) is 5.73. The molecule has 6 nitrogen and oxygen atoms in total. The van der Waals surface area contributed by atoms with Crippen molar-refractivity contribution < 1.29 is 29.6 Å². The Balaban J connectivity index is 2.37. The number of phenols is 2. The van der Waals surface area contributed by atoms with Crippen molar-refractivity contribution in [3.63, 3.8) is 0 Å². The van der Waals surface area contributed by atoms with Crippen LogP contribution in [0.3, 0.4) is 0 Å². The van der Waals surface area contributed by atoms with E-state index in [4.69, 9.17) is 9.47 Å². The average Bonchev–Trinajstić information content (AvgIpc) is 2.70. The maximum Gasteiger partial charge on any atom is 0.347 e. The molecule has 0 amide bonds. The molecule has 0 aliphatic heterocycles. The molecule has 33 heavy (non-hydrogen) atoms. The second-order valence-corrected chi connectivity index (χ2v) is 10.7. The fraction of sp³-hybridized carbons (Fsp3) is 0.519. The third-order valence-electron chi connectivity index (χ3n) is 6.52. The molecule has 0 aliphatic rings. The van der Waals surface area contributed by atoms with Crippen LogP contribution in [0.15, 0.2) is 24.3 Å². The normalized spacial score (nSPS) is 12.5. The number of benzene rings is 2. The van der Waals surface area contributed by atoms with Crippen LogP contribution in [-0.4, -0.2) is 34.0 Å². The average molecular weight is 459 g/mol. The lowest BCUT2D eigenvalue weighted by Crippen LogP contribution is -2.38. The summed E-state index contributed by atoms with van der Waals surface area (Å²) < 4.78 is 11.4. The first-order chi connectivity index (χ1) is 15.0. The van der Waals surface area contributed by atoms with Crippen LogP contribution < -0.4 is 9.47 Å². The van der Waals surface area contributed by atoms with E-state index < -0.39 is 17.0 Å². The van der Waals surface area contributed by atoms with Gasteiger partial charge in [0, 0.05) is 11.1 Å². The lowest BCUT2D eigenvalue weighted by molar-refractivity contribution is -0.152. The zero-order valence-corrected chi connectivity index (χ0v) is 21.3. The van der Waals surface area contributed by atoms with E-state index in [0.29, 0.717) is 16.9 Å². The SMILES string of the molecule is COc1cc(C)c(O)cc1C(C)(C)CCC(C)(C)c1cc(OC(C)(C)C(=O)O)c(C)cc1O. The number of carboxylic acid groups (broad SMARTS) is 1. The first-order valence-corrected chi connectivity index (χ1v) is 11.2. The van der Waals surface area contributed by atoms with Gasteiger partial charge in [0.05, 0.1) is 7.11 Å². The summed E-state index contributed by atoms with van der Waals surface area (Å²) in [5, 5.41) is 30.4. The topological polar surface area (TPSA) is 96.2 Å². The summed E-state index contributed by atoms with van der Waals surface area (Å²) in [6.45, 7) is 14.9. The number of carboxylic acids is 1. The van der Waals surface area contributed by atoms with Gasteiger partial charge in [0.15, 0.2) is 5.60 Å². The number of carbonyl (C=O) groups is 1. The lowest BCUT2D eigenvalue weighted by Gasteiger charge is -2.34. The van der Waals surface area contributed by atoms with Gasteiger partial charge in [0.25, 0.3) is 0 Å². The predicted molar refractivity (Wildman–Crippen MR) is 130 cm³/mol. The number of aliphatic carboxylic acids is 1. The molecule has 0 atom stereocenters. The zero-order valence-electron chi connectivity index (χ0n) is 21.3. The Kier molecular flexibility index (Phi) is 7.32. The summed E-state index contributed by atoms with van der Waals surface area (Å²) in [6, 6.07) is 6.98. The molecule has 6 heteroatoms. The standard InChI is InChI=1S/C27H38O6/c1-16-13-23(32-9)19(14-20(16)28)26(5,6)11-10-25(3,4)18-15-22(17(2)12-21(18)29)33-27(7,8)24(30)31/h12-15,28-29H,10-11H2,1-9H3,(H,30,31). The maximum atomic E-state index is 11.5. The van der Waals surface area contributed by atoms with E-state index in [0.717, 1.165) is 29.7 Å². The van der Waals surface area contributed by atoms with Gasteiger partial charge in [-0.2, -0.15) is 0 Å². The van der Waals surface area contributed by atoms with Gasteiger partial charge < -0.3 is 24.8 Å². The Hall–Kier alpha value is -2.89. The molecule has 3 N–H and O–H groups in total. The van der Waals surface area contributed by atoms with Crippen LogP contribution in [0.4, 0.5) is 0 Å². The first kappa shape index (κ1) is 26.4. The van der Waals surface area contributed by atoms with E-state index in [1.54, 1.807) is 32.2 Å². The molecule has 2 aromatic rings. The Labute approximate surface area is 197 Å². The van der Waals surface area contributed by atoms with Crippen molar-refractivity contribution in [2.75, 3.05) is 7.11 Å². The molecule has 0 fully saturated rings. The monoisotopic (exact) mass is 458 g/mol. The largest absolute Gasteiger partial charge is 0.508 e. The van der Waals surface area contributed by atoms with E-state index in [-0.39, 0.29) is 16.9 Å². The van der Waals surface area contributed by atoms with Gasteiger partial charge in [-0.15, -0.1) is 0 Å². The summed E-state index contributed by atoms with van der Waals surface area (Å²) >= 11 is 0. The van der Waals surface area contributed by atoms with Gasteiger partial charge in [-0.3, -0.25) is 0 Å². The number of hydrogen-bond donors (Lipinski definition) is 3. The number of rotatable bonds is 9. The number of methoxy groups -OCH3 is 1. The van der Waals surface area contributed by atoms with Gasteiger partial charge in [-0.05, 0) is 86.8 Å². The van der Waals surface area contributed by atoms with E-state index in [2.05, 4.69) is 13.8 Å². The van der Waals surface area contributed by atoms with Crippen molar-refractivity contribution in [1.29, 1.82) is 0 Å². The second-order valence-electron chi connectivity index (χ2n) is 10.7.